The number of halogens is 2. The fraction of sp³-hybridized carbons (Fsp3) is 0.130. The van der Waals surface area contributed by atoms with Crippen molar-refractivity contribution in [2.75, 3.05) is 0 Å². The third-order valence-corrected chi connectivity index (χ3v) is 6.60. The monoisotopic (exact) mass is 513 g/mol. The number of amides is 1. The number of carbonyl (C=O) groups is 1. The van der Waals surface area contributed by atoms with Crippen LogP contribution in [-0.4, -0.2) is 15.9 Å². The first-order valence-corrected chi connectivity index (χ1v) is 10.9. The number of nitrogens with zero attached hydrogens (tertiary/aromatic N) is 1. The second kappa shape index (κ2) is 7.46. The molecule has 1 atom stereocenters. The number of benzene rings is 3. The van der Waals surface area contributed by atoms with E-state index in [2.05, 4.69) is 50.0 Å². The number of imidazole rings is 1. The van der Waals surface area contributed by atoms with E-state index in [0.29, 0.717) is 16.4 Å². The molecule has 0 aliphatic heterocycles. The molecular weight excluding hydrogens is 497 g/mol. The maximum absolute atomic E-state index is 12.9. The molecule has 4 nitrogen and oxygen atoms in total. The summed E-state index contributed by atoms with van der Waals surface area (Å²) >= 11 is 8.63. The predicted molar refractivity (Wildman–Crippen MR) is 124 cm³/mol. The highest BCUT2D eigenvalue weighted by molar-refractivity contribution is 14.1. The molecule has 2 N–H and O–H groups in total. The smallest absolute Gasteiger partial charge is 0.251 e. The quantitative estimate of drug-likeness (QED) is 0.335. The number of nitrogens with one attached hydrogen (secondary N) is 2. The first kappa shape index (κ1) is 18.6. The minimum Gasteiger partial charge on any atom is -0.345 e. The van der Waals surface area contributed by atoms with Crippen molar-refractivity contribution in [3.8, 4) is 11.4 Å². The molecule has 1 unspecified atom stereocenters. The van der Waals surface area contributed by atoms with Gasteiger partial charge in [0.15, 0.2) is 0 Å². The molecule has 6 heteroatoms. The zero-order valence-electron chi connectivity index (χ0n) is 15.4. The summed E-state index contributed by atoms with van der Waals surface area (Å²) in [5.41, 5.74) is 5.65. The van der Waals surface area contributed by atoms with E-state index in [-0.39, 0.29) is 11.9 Å². The first-order chi connectivity index (χ1) is 14.1. The Balaban J connectivity index is 1.44. The number of rotatable bonds is 3. The Labute approximate surface area is 186 Å². The van der Waals surface area contributed by atoms with Crippen molar-refractivity contribution in [2.45, 2.75) is 18.9 Å². The van der Waals surface area contributed by atoms with E-state index in [0.717, 1.165) is 33.0 Å². The number of hydrogen-bond acceptors (Lipinski definition) is 2. The highest BCUT2D eigenvalue weighted by Gasteiger charge is 2.24. The molecule has 144 valence electrons. The summed E-state index contributed by atoms with van der Waals surface area (Å²) in [5, 5.41) is 3.82. The summed E-state index contributed by atoms with van der Waals surface area (Å²) in [5.74, 6) is 0.634. The van der Waals surface area contributed by atoms with Crippen LogP contribution in [0.3, 0.4) is 0 Å². The molecule has 1 aliphatic rings. The van der Waals surface area contributed by atoms with Gasteiger partial charge >= 0.3 is 0 Å². The van der Waals surface area contributed by atoms with Crippen LogP contribution in [0, 0.1) is 3.57 Å². The molecule has 0 fully saturated rings. The number of aryl methyl sites for hydroxylation is 1. The number of hydrogen-bond donors (Lipinski definition) is 2. The topological polar surface area (TPSA) is 57.8 Å². The third-order valence-electron chi connectivity index (χ3n) is 5.38. The Morgan fingerprint density at radius 1 is 1.14 bits per heavy atom. The Bertz CT molecular complexity index is 1230. The van der Waals surface area contributed by atoms with Crippen molar-refractivity contribution in [1.82, 2.24) is 15.3 Å². The number of aromatic amines is 1. The predicted octanol–water partition coefficient (Wildman–Crippen LogP) is 5.91. The Kier molecular flexibility index (Phi) is 4.80. The van der Waals surface area contributed by atoms with Gasteiger partial charge < -0.3 is 10.3 Å². The number of aromatic nitrogens is 2. The second-order valence-electron chi connectivity index (χ2n) is 7.18. The summed E-state index contributed by atoms with van der Waals surface area (Å²) in [6, 6.07) is 19.7. The van der Waals surface area contributed by atoms with Crippen molar-refractivity contribution < 1.29 is 4.79 Å². The molecule has 4 aromatic rings. The summed E-state index contributed by atoms with van der Waals surface area (Å²) in [4.78, 5) is 20.9. The van der Waals surface area contributed by atoms with Gasteiger partial charge in [0.25, 0.3) is 5.91 Å². The van der Waals surface area contributed by atoms with Gasteiger partial charge in [0.2, 0.25) is 0 Å². The molecule has 0 saturated heterocycles. The molecule has 29 heavy (non-hydrogen) atoms. The molecule has 1 amide bonds. The third kappa shape index (κ3) is 3.42. The van der Waals surface area contributed by atoms with Crippen molar-refractivity contribution in [3.63, 3.8) is 0 Å². The zero-order valence-corrected chi connectivity index (χ0v) is 18.3. The van der Waals surface area contributed by atoms with E-state index in [4.69, 9.17) is 11.6 Å². The van der Waals surface area contributed by atoms with Gasteiger partial charge in [-0.1, -0.05) is 41.9 Å². The van der Waals surface area contributed by atoms with Crippen LogP contribution in [0.25, 0.3) is 22.4 Å². The fourth-order valence-corrected chi connectivity index (χ4v) is 5.12. The lowest BCUT2D eigenvalue weighted by Crippen LogP contribution is -2.27. The average molecular weight is 514 g/mol. The standard InChI is InChI=1S/C23H17ClIN3O/c24-16-6-3-7-17(25)21(16)22-26-19-11-9-14(12-20(19)27-22)23(29)28-18-10-8-13-4-1-2-5-15(13)18/h1-7,9,11-12,18H,8,10H2,(H,26,27)(H,28,29). The van der Waals surface area contributed by atoms with Crippen molar-refractivity contribution in [1.29, 1.82) is 0 Å². The Morgan fingerprint density at radius 3 is 2.86 bits per heavy atom. The first-order valence-electron chi connectivity index (χ1n) is 9.43. The lowest BCUT2D eigenvalue weighted by molar-refractivity contribution is 0.0937. The van der Waals surface area contributed by atoms with Crippen LogP contribution in [0.5, 0.6) is 0 Å². The summed E-state index contributed by atoms with van der Waals surface area (Å²) in [6.45, 7) is 0. The summed E-state index contributed by atoms with van der Waals surface area (Å²) in [6.07, 6.45) is 1.94. The van der Waals surface area contributed by atoms with Gasteiger partial charge in [-0.2, -0.15) is 0 Å². The van der Waals surface area contributed by atoms with E-state index in [1.807, 2.05) is 48.5 Å². The van der Waals surface area contributed by atoms with E-state index in [1.165, 1.54) is 11.1 Å². The van der Waals surface area contributed by atoms with Crippen molar-refractivity contribution >= 4 is 51.1 Å². The van der Waals surface area contributed by atoms with Crippen LogP contribution in [0.15, 0.2) is 60.7 Å². The SMILES string of the molecule is O=C(NC1CCc2ccccc21)c1ccc2nc(-c3c(Cl)cccc3I)[nH]c2c1. The van der Waals surface area contributed by atoms with Gasteiger partial charge in [0.05, 0.1) is 22.1 Å². The van der Waals surface area contributed by atoms with Gasteiger partial charge in [-0.15, -0.1) is 0 Å². The van der Waals surface area contributed by atoms with Crippen LogP contribution in [-0.2, 0) is 6.42 Å². The molecular formula is C23H17ClIN3O. The normalized spacial score (nSPS) is 15.4. The maximum Gasteiger partial charge on any atom is 0.251 e. The van der Waals surface area contributed by atoms with E-state index in [1.54, 1.807) is 0 Å². The van der Waals surface area contributed by atoms with Crippen molar-refractivity contribution in [3.05, 3.63) is 85.9 Å². The number of H-pyrrole nitrogens is 1. The molecule has 5 rings (SSSR count). The summed E-state index contributed by atoms with van der Waals surface area (Å²) < 4.78 is 1.02. The summed E-state index contributed by atoms with van der Waals surface area (Å²) in [7, 11) is 0. The van der Waals surface area contributed by atoms with Crippen LogP contribution in [0.1, 0.15) is 33.9 Å². The Hall–Kier alpha value is -2.38. The second-order valence-corrected chi connectivity index (χ2v) is 8.75. The number of fused-ring (bicyclic) bond motifs is 2. The molecule has 3 aromatic carbocycles. The van der Waals surface area contributed by atoms with Crippen molar-refractivity contribution in [2.24, 2.45) is 0 Å². The van der Waals surface area contributed by atoms with Gasteiger partial charge in [0.1, 0.15) is 5.82 Å². The van der Waals surface area contributed by atoms with Crippen LogP contribution in [0.4, 0.5) is 0 Å². The molecule has 0 spiro atoms. The highest BCUT2D eigenvalue weighted by Crippen LogP contribution is 2.33. The minimum atomic E-state index is -0.0722. The Morgan fingerprint density at radius 2 is 2.00 bits per heavy atom. The maximum atomic E-state index is 12.9. The molecule has 0 bridgehead atoms. The lowest BCUT2D eigenvalue weighted by Gasteiger charge is -2.14. The molecule has 1 aliphatic carbocycles. The molecule has 0 saturated carbocycles. The zero-order chi connectivity index (χ0) is 20.0. The average Bonchev–Trinajstić information content (AvgIpc) is 3.31. The lowest BCUT2D eigenvalue weighted by atomic mass is 10.1. The van der Waals surface area contributed by atoms with Crippen LogP contribution in [0.2, 0.25) is 5.02 Å². The minimum absolute atomic E-state index is 0.0661. The number of carbonyl (C=O) groups excluding carboxylic acids is 1. The van der Waals surface area contributed by atoms with Crippen LogP contribution < -0.4 is 5.32 Å². The van der Waals surface area contributed by atoms with Gasteiger partial charge in [-0.05, 0) is 76.9 Å². The highest BCUT2D eigenvalue weighted by atomic mass is 127. The van der Waals surface area contributed by atoms with E-state index in [9.17, 15) is 4.79 Å². The van der Waals surface area contributed by atoms with E-state index >= 15 is 0 Å². The van der Waals surface area contributed by atoms with Gasteiger partial charge in [0, 0.05) is 14.7 Å². The molecule has 1 aromatic heterocycles. The van der Waals surface area contributed by atoms with Gasteiger partial charge in [-0.3, -0.25) is 4.79 Å². The molecule has 1 heterocycles. The fourth-order valence-electron chi connectivity index (χ4n) is 3.94. The molecule has 0 radical (unpaired) electrons. The largest absolute Gasteiger partial charge is 0.345 e. The van der Waals surface area contributed by atoms with Gasteiger partial charge in [-0.25, -0.2) is 4.98 Å². The van der Waals surface area contributed by atoms with E-state index < -0.39 is 0 Å². The van der Waals surface area contributed by atoms with Crippen LogP contribution >= 0.6 is 34.2 Å².